The van der Waals surface area contributed by atoms with E-state index in [2.05, 4.69) is 41.8 Å². The molecular formula is C32H43N3O3. The molecule has 1 amide bonds. The zero-order valence-electron chi connectivity index (χ0n) is 22.8. The molecule has 204 valence electrons. The maximum atomic E-state index is 11.8. The number of carbonyl (C=O) groups excluding carboxylic acids is 1. The molecule has 0 fully saturated rings. The smallest absolute Gasteiger partial charge is 0.221 e. The lowest BCUT2D eigenvalue weighted by molar-refractivity contribution is -0.114. The van der Waals surface area contributed by atoms with E-state index in [4.69, 9.17) is 10.5 Å². The number of carbonyl (C=O) groups is 1. The summed E-state index contributed by atoms with van der Waals surface area (Å²) in [6.45, 7) is 5.20. The zero-order chi connectivity index (χ0) is 27.2. The first-order valence-corrected chi connectivity index (χ1v) is 13.7. The van der Waals surface area contributed by atoms with E-state index in [1.54, 1.807) is 12.1 Å². The van der Waals surface area contributed by atoms with Gasteiger partial charge in [-0.3, -0.25) is 4.79 Å². The summed E-state index contributed by atoms with van der Waals surface area (Å²) in [5.74, 6) is 0.388. The van der Waals surface area contributed by atoms with Crippen molar-refractivity contribution in [3.05, 3.63) is 95.1 Å². The van der Waals surface area contributed by atoms with Crippen LogP contribution >= 0.6 is 0 Å². The lowest BCUT2D eigenvalue weighted by Gasteiger charge is -2.19. The summed E-state index contributed by atoms with van der Waals surface area (Å²) in [4.78, 5) is 11.8. The highest BCUT2D eigenvalue weighted by atomic mass is 16.5. The van der Waals surface area contributed by atoms with Crippen LogP contribution in [0.2, 0.25) is 0 Å². The van der Waals surface area contributed by atoms with Crippen molar-refractivity contribution in [2.75, 3.05) is 18.4 Å². The van der Waals surface area contributed by atoms with Crippen LogP contribution < -0.4 is 21.1 Å². The fraction of sp³-hybridized carbons (Fsp3) is 0.406. The van der Waals surface area contributed by atoms with Crippen LogP contribution in [-0.2, 0) is 24.2 Å². The minimum atomic E-state index is -0.694. The number of rotatable bonds is 16. The zero-order valence-corrected chi connectivity index (χ0v) is 22.8. The van der Waals surface area contributed by atoms with Crippen molar-refractivity contribution in [1.29, 1.82) is 0 Å². The Morgan fingerprint density at radius 2 is 1.61 bits per heavy atom. The van der Waals surface area contributed by atoms with Crippen molar-refractivity contribution in [1.82, 2.24) is 5.32 Å². The van der Waals surface area contributed by atoms with Gasteiger partial charge in [-0.1, -0.05) is 60.7 Å². The molecule has 5 N–H and O–H groups in total. The van der Waals surface area contributed by atoms with Crippen LogP contribution in [0.1, 0.15) is 67.9 Å². The number of benzene rings is 3. The van der Waals surface area contributed by atoms with Crippen molar-refractivity contribution in [3.8, 4) is 5.75 Å². The molecule has 2 atom stereocenters. The molecule has 0 radical (unpaired) electrons. The molecule has 0 aliphatic heterocycles. The molecule has 6 nitrogen and oxygen atoms in total. The molecule has 3 aromatic rings. The number of aryl methyl sites for hydroxylation is 2. The summed E-state index contributed by atoms with van der Waals surface area (Å²) in [5, 5.41) is 17.1. The number of aliphatic hydroxyl groups excluding tert-OH is 1. The van der Waals surface area contributed by atoms with Gasteiger partial charge in [0.05, 0.1) is 11.8 Å². The third-order valence-corrected chi connectivity index (χ3v) is 6.64. The van der Waals surface area contributed by atoms with Crippen LogP contribution in [0.5, 0.6) is 5.75 Å². The largest absolute Gasteiger partial charge is 0.487 e. The second kappa shape index (κ2) is 15.9. The molecule has 0 bridgehead atoms. The van der Waals surface area contributed by atoms with Gasteiger partial charge < -0.3 is 26.2 Å². The molecule has 1 unspecified atom stereocenters. The number of aliphatic hydroxyl groups is 1. The number of nitrogens with two attached hydrogens (primary N) is 1. The first-order valence-electron chi connectivity index (χ1n) is 13.7. The Kier molecular flexibility index (Phi) is 12.3. The van der Waals surface area contributed by atoms with E-state index in [-0.39, 0.29) is 11.9 Å². The lowest BCUT2D eigenvalue weighted by Crippen LogP contribution is -2.30. The van der Waals surface area contributed by atoms with E-state index < -0.39 is 6.10 Å². The van der Waals surface area contributed by atoms with Crippen molar-refractivity contribution < 1.29 is 14.6 Å². The van der Waals surface area contributed by atoms with E-state index in [0.717, 1.165) is 56.2 Å². The molecule has 0 aliphatic rings. The number of nitrogens with one attached hydrogen (secondary N) is 2. The van der Waals surface area contributed by atoms with Crippen LogP contribution in [0.4, 0.5) is 5.69 Å². The van der Waals surface area contributed by atoms with Crippen LogP contribution in [-0.4, -0.2) is 30.1 Å². The van der Waals surface area contributed by atoms with Gasteiger partial charge in [0.1, 0.15) is 12.4 Å². The summed E-state index contributed by atoms with van der Waals surface area (Å²) in [5.41, 5.74) is 10.6. The average Bonchev–Trinajstić information content (AvgIpc) is 2.92. The molecule has 6 heteroatoms. The number of ether oxygens (including phenoxy) is 1. The van der Waals surface area contributed by atoms with Gasteiger partial charge in [0.2, 0.25) is 5.91 Å². The number of anilines is 1. The summed E-state index contributed by atoms with van der Waals surface area (Å²) in [6.07, 6.45) is 5.77. The first kappa shape index (κ1) is 29.4. The molecule has 0 spiro atoms. The molecule has 38 heavy (non-hydrogen) atoms. The Bertz CT molecular complexity index is 1100. The third kappa shape index (κ3) is 10.3. The van der Waals surface area contributed by atoms with Gasteiger partial charge in [-0.2, -0.15) is 0 Å². The van der Waals surface area contributed by atoms with E-state index >= 15 is 0 Å². The Balaban J connectivity index is 1.45. The topological polar surface area (TPSA) is 96.6 Å². The summed E-state index contributed by atoms with van der Waals surface area (Å²) < 4.78 is 5.95. The molecular weight excluding hydrogens is 474 g/mol. The highest BCUT2D eigenvalue weighted by Gasteiger charge is 2.14. The van der Waals surface area contributed by atoms with E-state index in [9.17, 15) is 9.90 Å². The minimum Gasteiger partial charge on any atom is -0.487 e. The van der Waals surface area contributed by atoms with Crippen molar-refractivity contribution in [3.63, 3.8) is 0 Å². The van der Waals surface area contributed by atoms with Crippen LogP contribution in [0.3, 0.4) is 0 Å². The van der Waals surface area contributed by atoms with Gasteiger partial charge in [0.25, 0.3) is 0 Å². The molecule has 0 aromatic heterocycles. The lowest BCUT2D eigenvalue weighted by atomic mass is 10.0. The Hall–Kier alpha value is -3.19. The maximum absolute atomic E-state index is 11.8. The fourth-order valence-corrected chi connectivity index (χ4v) is 4.39. The van der Waals surface area contributed by atoms with E-state index in [1.807, 2.05) is 36.4 Å². The number of unbranched alkanes of at least 4 members (excludes halogenated alkanes) is 1. The molecule has 0 saturated carbocycles. The van der Waals surface area contributed by atoms with Gasteiger partial charge >= 0.3 is 0 Å². The van der Waals surface area contributed by atoms with E-state index in [1.165, 1.54) is 18.1 Å². The molecule has 0 saturated heterocycles. The van der Waals surface area contributed by atoms with Gasteiger partial charge in [-0.25, -0.2) is 0 Å². The fourth-order valence-electron chi connectivity index (χ4n) is 4.39. The second-order valence-electron chi connectivity index (χ2n) is 9.99. The second-order valence-corrected chi connectivity index (χ2v) is 9.99. The highest BCUT2D eigenvalue weighted by Crippen LogP contribution is 2.29. The standard InChI is InChI=1S/C32H43N3O3/c1-24(9-8-13-27-16-14-26(15-17-27)10-6-7-20-33)34-22-31(37)29-18-19-32(30(21-29)35-25(2)36)38-23-28-11-4-3-5-12-28/h3-5,11-12,14-19,21,24,31,34,37H,6-10,13,20,22-23,33H2,1-2H3,(H,35,36)/t24?,31-/m0/s1. The summed E-state index contributed by atoms with van der Waals surface area (Å²) in [6, 6.07) is 24.5. The number of amides is 1. The molecule has 3 aromatic carbocycles. The summed E-state index contributed by atoms with van der Waals surface area (Å²) >= 11 is 0. The van der Waals surface area contributed by atoms with Crippen LogP contribution in [0.15, 0.2) is 72.8 Å². The van der Waals surface area contributed by atoms with Gasteiger partial charge in [0, 0.05) is 19.5 Å². The Labute approximate surface area is 227 Å². The Morgan fingerprint density at radius 3 is 2.26 bits per heavy atom. The Morgan fingerprint density at radius 1 is 0.921 bits per heavy atom. The van der Waals surface area contributed by atoms with Crippen LogP contribution in [0, 0.1) is 0 Å². The van der Waals surface area contributed by atoms with Crippen molar-refractivity contribution in [2.45, 2.75) is 71.1 Å². The predicted molar refractivity (Wildman–Crippen MR) is 155 cm³/mol. The van der Waals surface area contributed by atoms with Crippen molar-refractivity contribution >= 4 is 11.6 Å². The van der Waals surface area contributed by atoms with Gasteiger partial charge in [-0.05, 0) is 86.4 Å². The third-order valence-electron chi connectivity index (χ3n) is 6.64. The van der Waals surface area contributed by atoms with Crippen molar-refractivity contribution in [2.24, 2.45) is 5.73 Å². The van der Waals surface area contributed by atoms with Gasteiger partial charge in [-0.15, -0.1) is 0 Å². The first-order chi connectivity index (χ1) is 18.4. The summed E-state index contributed by atoms with van der Waals surface area (Å²) in [7, 11) is 0. The maximum Gasteiger partial charge on any atom is 0.221 e. The average molecular weight is 518 g/mol. The highest BCUT2D eigenvalue weighted by molar-refractivity contribution is 5.90. The number of hydrogen-bond donors (Lipinski definition) is 4. The molecule has 0 heterocycles. The van der Waals surface area contributed by atoms with Crippen LogP contribution in [0.25, 0.3) is 0 Å². The molecule has 3 rings (SSSR count). The SMILES string of the molecule is CC(=O)Nc1cc([C@@H](O)CNC(C)CCCc2ccc(CCCCN)cc2)ccc1OCc1ccccc1. The number of hydrogen-bond acceptors (Lipinski definition) is 5. The monoisotopic (exact) mass is 517 g/mol. The predicted octanol–water partition coefficient (Wildman–Crippen LogP) is 5.54. The molecule has 0 aliphatic carbocycles. The minimum absolute atomic E-state index is 0.186. The quantitative estimate of drug-likeness (QED) is 0.187. The van der Waals surface area contributed by atoms with Gasteiger partial charge in [0.15, 0.2) is 0 Å². The normalized spacial score (nSPS) is 12.6. The van der Waals surface area contributed by atoms with E-state index in [0.29, 0.717) is 24.6 Å².